The summed E-state index contributed by atoms with van der Waals surface area (Å²) in [6, 6.07) is 0. The highest BCUT2D eigenvalue weighted by Crippen LogP contribution is 1.98. The largest absolute Gasteiger partial charge is 0.368 e. The van der Waals surface area contributed by atoms with Crippen molar-refractivity contribution in [3.8, 4) is 0 Å². The number of nitrogens with one attached hydrogen (secondary N) is 1. The molecule has 0 aromatic rings. The van der Waals surface area contributed by atoms with E-state index in [0.29, 0.717) is 0 Å². The van der Waals surface area contributed by atoms with E-state index in [2.05, 4.69) is 53.9 Å². The van der Waals surface area contributed by atoms with Crippen LogP contribution in [0, 0.1) is 0 Å². The van der Waals surface area contributed by atoms with E-state index in [4.69, 9.17) is 0 Å². The van der Waals surface area contributed by atoms with Gasteiger partial charge in [0.05, 0.1) is 0 Å². The molecule has 0 unspecified atom stereocenters. The van der Waals surface area contributed by atoms with Crippen LogP contribution in [-0.4, -0.2) is 0 Å². The highest BCUT2D eigenvalue weighted by atomic mass is 14.8. The van der Waals surface area contributed by atoms with Crippen LogP contribution in [0.15, 0.2) is 85.3 Å². The van der Waals surface area contributed by atoms with Gasteiger partial charge in [0.1, 0.15) is 0 Å². The molecular formula is C18H23N. The molecule has 0 atom stereocenters. The molecule has 0 bridgehead atoms. The summed E-state index contributed by atoms with van der Waals surface area (Å²) in [5, 5.41) is 2.92. The van der Waals surface area contributed by atoms with Crippen molar-refractivity contribution in [2.45, 2.75) is 25.7 Å². The van der Waals surface area contributed by atoms with Gasteiger partial charge in [0, 0.05) is 12.4 Å². The Kier molecular flexibility index (Phi) is 9.84. The van der Waals surface area contributed by atoms with Gasteiger partial charge in [0.25, 0.3) is 0 Å². The van der Waals surface area contributed by atoms with Crippen LogP contribution in [0.1, 0.15) is 25.7 Å². The zero-order valence-electron chi connectivity index (χ0n) is 11.4. The molecule has 1 N–H and O–H groups in total. The summed E-state index contributed by atoms with van der Waals surface area (Å²) in [6.45, 7) is 0. The first-order valence-corrected chi connectivity index (χ1v) is 6.88. The summed E-state index contributed by atoms with van der Waals surface area (Å²) in [5.74, 6) is 0. The highest BCUT2D eigenvalue weighted by Gasteiger charge is 1.78. The molecule has 2 aliphatic rings. The van der Waals surface area contributed by atoms with Crippen LogP contribution in [0.2, 0.25) is 0 Å². The first-order chi connectivity index (χ1) is 9.50. The van der Waals surface area contributed by atoms with Gasteiger partial charge in [0.15, 0.2) is 0 Å². The van der Waals surface area contributed by atoms with Gasteiger partial charge in [-0.05, 0) is 37.8 Å². The second-order valence-corrected chi connectivity index (χ2v) is 4.14. The summed E-state index contributed by atoms with van der Waals surface area (Å²) < 4.78 is 0. The molecule has 0 saturated heterocycles. The minimum Gasteiger partial charge on any atom is -0.368 e. The van der Waals surface area contributed by atoms with Crippen molar-refractivity contribution in [3.63, 3.8) is 0 Å². The van der Waals surface area contributed by atoms with Gasteiger partial charge in [-0.15, -0.1) is 0 Å². The molecule has 1 aliphatic heterocycles. The lowest BCUT2D eigenvalue weighted by Crippen LogP contribution is -1.87. The standard InChI is InChI=1S/C12H16.C6H7N/c1-2-4-6-8-10-12-11-9-7-5-3-1;1-2-4-6-7-5-3-1/h1-4,9-12H,5-8H2;1-7H. The lowest BCUT2D eigenvalue weighted by molar-refractivity contribution is 1.04. The Morgan fingerprint density at radius 3 is 1.16 bits per heavy atom. The van der Waals surface area contributed by atoms with Crippen LogP contribution in [0.25, 0.3) is 0 Å². The van der Waals surface area contributed by atoms with Crippen LogP contribution in [0.4, 0.5) is 0 Å². The second-order valence-electron chi connectivity index (χ2n) is 4.14. The fourth-order valence-electron chi connectivity index (χ4n) is 1.49. The van der Waals surface area contributed by atoms with E-state index in [1.807, 2.05) is 36.7 Å². The predicted molar refractivity (Wildman–Crippen MR) is 85.6 cm³/mol. The third-order valence-electron chi connectivity index (χ3n) is 2.48. The Morgan fingerprint density at radius 1 is 0.421 bits per heavy atom. The molecule has 100 valence electrons. The Bertz CT molecular complexity index is 341. The van der Waals surface area contributed by atoms with Crippen molar-refractivity contribution >= 4 is 0 Å². The second kappa shape index (κ2) is 12.4. The number of rotatable bonds is 0. The molecule has 19 heavy (non-hydrogen) atoms. The molecule has 0 amide bonds. The van der Waals surface area contributed by atoms with E-state index < -0.39 is 0 Å². The van der Waals surface area contributed by atoms with Crippen molar-refractivity contribution in [2.24, 2.45) is 0 Å². The minimum atomic E-state index is 1.15. The Hall–Kier alpha value is -2.02. The van der Waals surface area contributed by atoms with E-state index in [0.717, 1.165) is 25.7 Å². The maximum Gasteiger partial charge on any atom is 0.000442 e. The van der Waals surface area contributed by atoms with E-state index in [-0.39, 0.29) is 0 Å². The molecule has 0 radical (unpaired) electrons. The van der Waals surface area contributed by atoms with Crippen LogP contribution in [-0.2, 0) is 0 Å². The van der Waals surface area contributed by atoms with Gasteiger partial charge in [-0.2, -0.15) is 0 Å². The van der Waals surface area contributed by atoms with Gasteiger partial charge >= 0.3 is 0 Å². The Morgan fingerprint density at radius 2 is 0.789 bits per heavy atom. The Labute approximate surface area is 117 Å². The Balaban J connectivity index is 0.000000218. The first kappa shape index (κ1) is 15.0. The molecule has 1 heteroatoms. The fraction of sp³-hybridized carbons (Fsp3) is 0.222. The maximum atomic E-state index is 2.92. The third-order valence-corrected chi connectivity index (χ3v) is 2.48. The zero-order valence-corrected chi connectivity index (χ0v) is 11.4. The first-order valence-electron chi connectivity index (χ1n) is 6.88. The van der Waals surface area contributed by atoms with Crippen molar-refractivity contribution < 1.29 is 0 Å². The normalized spacial score (nSPS) is 17.7. The zero-order chi connectivity index (χ0) is 13.4. The van der Waals surface area contributed by atoms with Gasteiger partial charge in [0.2, 0.25) is 0 Å². The molecule has 0 spiro atoms. The molecular weight excluding hydrogens is 230 g/mol. The SMILES string of the molecule is C1=CC=CNC=C1.C1=CCCC=CC=CCCC=C1. The van der Waals surface area contributed by atoms with Crippen molar-refractivity contribution in [2.75, 3.05) is 0 Å². The average Bonchev–Trinajstić information content (AvgIpc) is 2.72. The van der Waals surface area contributed by atoms with Gasteiger partial charge in [-0.3, -0.25) is 0 Å². The average molecular weight is 253 g/mol. The van der Waals surface area contributed by atoms with E-state index in [1.54, 1.807) is 0 Å². The van der Waals surface area contributed by atoms with Crippen molar-refractivity contribution in [1.29, 1.82) is 0 Å². The van der Waals surface area contributed by atoms with Gasteiger partial charge in [-0.25, -0.2) is 0 Å². The van der Waals surface area contributed by atoms with Crippen LogP contribution >= 0.6 is 0 Å². The molecule has 1 heterocycles. The molecule has 0 aromatic carbocycles. The highest BCUT2D eigenvalue weighted by molar-refractivity contribution is 5.14. The van der Waals surface area contributed by atoms with Gasteiger partial charge in [-0.1, -0.05) is 60.8 Å². The summed E-state index contributed by atoms with van der Waals surface area (Å²) in [4.78, 5) is 0. The van der Waals surface area contributed by atoms with E-state index >= 15 is 0 Å². The smallest absolute Gasteiger partial charge is 0.000442 e. The molecule has 0 saturated carbocycles. The molecule has 1 aliphatic carbocycles. The summed E-state index contributed by atoms with van der Waals surface area (Å²) >= 11 is 0. The molecule has 0 aromatic heterocycles. The van der Waals surface area contributed by atoms with Crippen molar-refractivity contribution in [1.82, 2.24) is 5.32 Å². The van der Waals surface area contributed by atoms with E-state index in [1.165, 1.54) is 0 Å². The van der Waals surface area contributed by atoms with Crippen LogP contribution in [0.5, 0.6) is 0 Å². The summed E-state index contributed by atoms with van der Waals surface area (Å²) in [5.41, 5.74) is 0. The van der Waals surface area contributed by atoms with Crippen LogP contribution < -0.4 is 5.32 Å². The fourth-order valence-corrected chi connectivity index (χ4v) is 1.49. The maximum absolute atomic E-state index is 2.92. The quantitative estimate of drug-likeness (QED) is 0.643. The van der Waals surface area contributed by atoms with Gasteiger partial charge < -0.3 is 5.32 Å². The molecule has 2 rings (SSSR count). The monoisotopic (exact) mass is 253 g/mol. The molecule has 1 nitrogen and oxygen atoms in total. The van der Waals surface area contributed by atoms with E-state index in [9.17, 15) is 0 Å². The molecule has 0 fully saturated rings. The number of hydrogen-bond acceptors (Lipinski definition) is 1. The number of hydrogen-bond donors (Lipinski definition) is 1. The number of allylic oxidation sites excluding steroid dienone is 12. The summed E-state index contributed by atoms with van der Waals surface area (Å²) in [7, 11) is 0. The lowest BCUT2D eigenvalue weighted by Gasteiger charge is -1.88. The minimum absolute atomic E-state index is 1.15. The lowest BCUT2D eigenvalue weighted by atomic mass is 10.2. The summed E-state index contributed by atoms with van der Waals surface area (Å²) in [6.07, 6.45) is 33.6. The third kappa shape index (κ3) is 10.8. The predicted octanol–water partition coefficient (Wildman–Crippen LogP) is 4.96. The topological polar surface area (TPSA) is 12.0 Å². The van der Waals surface area contributed by atoms with Crippen LogP contribution in [0.3, 0.4) is 0 Å². The van der Waals surface area contributed by atoms with Crippen molar-refractivity contribution in [3.05, 3.63) is 85.3 Å².